The van der Waals surface area contributed by atoms with Crippen LogP contribution in [0.25, 0.3) is 0 Å². The molecule has 2 rings (SSSR count). The molecule has 0 aliphatic rings. The number of nitriles is 1. The van der Waals surface area contributed by atoms with Crippen LogP contribution in [0.3, 0.4) is 0 Å². The lowest BCUT2D eigenvalue weighted by Crippen LogP contribution is -2.08. The summed E-state index contributed by atoms with van der Waals surface area (Å²) in [5, 5.41) is 8.66. The molecule has 0 fully saturated rings. The van der Waals surface area contributed by atoms with Gasteiger partial charge in [-0.25, -0.2) is 4.79 Å². The van der Waals surface area contributed by atoms with Crippen molar-refractivity contribution in [1.82, 2.24) is 0 Å². The number of esters is 1. The highest BCUT2D eigenvalue weighted by Gasteiger charge is 2.08. The largest absolute Gasteiger partial charge is 0.423 e. The van der Waals surface area contributed by atoms with Crippen LogP contribution in [0, 0.1) is 11.3 Å². The molecule has 0 aliphatic heterocycles. The van der Waals surface area contributed by atoms with Crippen molar-refractivity contribution in [3.63, 3.8) is 0 Å². The average molecular weight is 251 g/mol. The number of rotatable bonds is 3. The standard InChI is InChI=1S/C15H9NO3/c16-9-11-1-5-13(6-2-11)15(18)19-14-7-3-12(10-17)4-8-14/h1-8,10H. The van der Waals surface area contributed by atoms with E-state index in [1.165, 1.54) is 12.1 Å². The van der Waals surface area contributed by atoms with Gasteiger partial charge in [-0.1, -0.05) is 0 Å². The molecule has 0 amide bonds. The van der Waals surface area contributed by atoms with Gasteiger partial charge in [-0.05, 0) is 48.5 Å². The summed E-state index contributed by atoms with van der Waals surface area (Å²) in [5.74, 6) is -0.150. The maximum atomic E-state index is 11.8. The van der Waals surface area contributed by atoms with Crippen molar-refractivity contribution < 1.29 is 14.3 Å². The summed E-state index contributed by atoms with van der Waals surface area (Å²) in [6.07, 6.45) is 0.715. The minimum absolute atomic E-state index is 0.360. The topological polar surface area (TPSA) is 67.2 Å². The maximum absolute atomic E-state index is 11.8. The molecule has 92 valence electrons. The fourth-order valence-corrected chi connectivity index (χ4v) is 1.46. The van der Waals surface area contributed by atoms with Gasteiger partial charge in [0.2, 0.25) is 0 Å². The van der Waals surface area contributed by atoms with Gasteiger partial charge in [0.05, 0.1) is 17.2 Å². The second-order valence-corrected chi connectivity index (χ2v) is 3.77. The third kappa shape index (κ3) is 3.05. The Morgan fingerprint density at radius 1 is 1.05 bits per heavy atom. The Morgan fingerprint density at radius 2 is 1.68 bits per heavy atom. The van der Waals surface area contributed by atoms with Gasteiger partial charge >= 0.3 is 5.97 Å². The van der Waals surface area contributed by atoms with E-state index in [2.05, 4.69) is 0 Å². The summed E-state index contributed by atoms with van der Waals surface area (Å²) >= 11 is 0. The summed E-state index contributed by atoms with van der Waals surface area (Å²) in [6.45, 7) is 0. The Morgan fingerprint density at radius 3 is 2.21 bits per heavy atom. The quantitative estimate of drug-likeness (QED) is 0.477. The minimum Gasteiger partial charge on any atom is -0.423 e. The molecule has 0 heterocycles. The summed E-state index contributed by atoms with van der Waals surface area (Å²) < 4.78 is 5.14. The molecule has 4 heteroatoms. The van der Waals surface area contributed by atoms with E-state index < -0.39 is 5.97 Å². The Labute approximate surface area is 109 Å². The smallest absolute Gasteiger partial charge is 0.343 e. The van der Waals surface area contributed by atoms with Crippen LogP contribution in [0.2, 0.25) is 0 Å². The van der Waals surface area contributed by atoms with Gasteiger partial charge in [0.25, 0.3) is 0 Å². The average Bonchev–Trinajstić information content (AvgIpc) is 2.48. The third-order valence-electron chi connectivity index (χ3n) is 2.48. The molecule has 19 heavy (non-hydrogen) atoms. The van der Waals surface area contributed by atoms with Crippen LogP contribution < -0.4 is 4.74 Å². The Bertz CT molecular complexity index is 637. The van der Waals surface area contributed by atoms with E-state index in [-0.39, 0.29) is 0 Å². The lowest BCUT2D eigenvalue weighted by Gasteiger charge is -2.04. The molecule has 4 nitrogen and oxygen atoms in total. The number of carbonyl (C=O) groups is 2. The zero-order chi connectivity index (χ0) is 13.7. The molecule has 2 aromatic carbocycles. The molecule has 0 saturated heterocycles. The second kappa shape index (κ2) is 5.61. The van der Waals surface area contributed by atoms with Crippen molar-refractivity contribution in [2.24, 2.45) is 0 Å². The number of hydrogen-bond donors (Lipinski definition) is 0. The minimum atomic E-state index is -0.511. The van der Waals surface area contributed by atoms with E-state index in [0.717, 1.165) is 0 Å². The van der Waals surface area contributed by atoms with Gasteiger partial charge in [0.1, 0.15) is 12.0 Å². The first-order valence-electron chi connectivity index (χ1n) is 5.50. The number of benzene rings is 2. The molecule has 0 radical (unpaired) electrons. The number of carbonyl (C=O) groups excluding carboxylic acids is 2. The molecular formula is C15H9NO3. The Balaban J connectivity index is 2.11. The molecule has 0 bridgehead atoms. The zero-order valence-corrected chi connectivity index (χ0v) is 9.87. The fraction of sp³-hybridized carbons (Fsp3) is 0. The second-order valence-electron chi connectivity index (χ2n) is 3.77. The SMILES string of the molecule is N#Cc1ccc(C(=O)Oc2ccc(C=O)cc2)cc1. The van der Waals surface area contributed by atoms with Crippen molar-refractivity contribution >= 4 is 12.3 Å². The first kappa shape index (κ1) is 12.5. The number of aldehydes is 1. The summed E-state index contributed by atoms with van der Waals surface area (Å²) in [5.41, 5.74) is 1.35. The number of ether oxygens (including phenoxy) is 1. The van der Waals surface area contributed by atoms with Gasteiger partial charge < -0.3 is 4.74 Å². The van der Waals surface area contributed by atoms with Crippen LogP contribution in [0.1, 0.15) is 26.3 Å². The van der Waals surface area contributed by atoms with E-state index >= 15 is 0 Å². The van der Waals surface area contributed by atoms with Crippen molar-refractivity contribution in [2.75, 3.05) is 0 Å². The van der Waals surface area contributed by atoms with Crippen molar-refractivity contribution in [1.29, 1.82) is 5.26 Å². The highest BCUT2D eigenvalue weighted by molar-refractivity contribution is 5.91. The van der Waals surface area contributed by atoms with Crippen LogP contribution >= 0.6 is 0 Å². The van der Waals surface area contributed by atoms with Crippen molar-refractivity contribution in [3.05, 3.63) is 65.2 Å². The van der Waals surface area contributed by atoms with Crippen LogP contribution in [-0.2, 0) is 0 Å². The molecule has 0 spiro atoms. The summed E-state index contributed by atoms with van der Waals surface area (Å²) in [7, 11) is 0. The maximum Gasteiger partial charge on any atom is 0.343 e. The molecular weight excluding hydrogens is 242 g/mol. The highest BCUT2D eigenvalue weighted by Crippen LogP contribution is 2.14. The normalized spacial score (nSPS) is 9.42. The van der Waals surface area contributed by atoms with Gasteiger partial charge in [0.15, 0.2) is 0 Å². The molecule has 0 aliphatic carbocycles. The van der Waals surface area contributed by atoms with Crippen molar-refractivity contribution in [3.8, 4) is 11.8 Å². The van der Waals surface area contributed by atoms with Gasteiger partial charge in [-0.2, -0.15) is 5.26 Å². The molecule has 0 atom stereocenters. The van der Waals surface area contributed by atoms with Crippen LogP contribution in [0.4, 0.5) is 0 Å². The number of nitrogens with zero attached hydrogens (tertiary/aromatic N) is 1. The van der Waals surface area contributed by atoms with E-state index in [9.17, 15) is 9.59 Å². The predicted octanol–water partition coefficient (Wildman–Crippen LogP) is 2.59. The summed E-state index contributed by atoms with van der Waals surface area (Å²) in [6, 6.07) is 14.3. The lowest BCUT2D eigenvalue weighted by atomic mass is 10.1. The molecule has 0 aromatic heterocycles. The van der Waals surface area contributed by atoms with E-state index in [1.54, 1.807) is 36.4 Å². The monoisotopic (exact) mass is 251 g/mol. The lowest BCUT2D eigenvalue weighted by molar-refractivity contribution is 0.0734. The van der Waals surface area contributed by atoms with Crippen molar-refractivity contribution in [2.45, 2.75) is 0 Å². The summed E-state index contributed by atoms with van der Waals surface area (Å²) in [4.78, 5) is 22.3. The van der Waals surface area contributed by atoms with E-state index in [0.29, 0.717) is 28.7 Å². The van der Waals surface area contributed by atoms with E-state index in [1.807, 2.05) is 6.07 Å². The highest BCUT2D eigenvalue weighted by atomic mass is 16.5. The molecule has 2 aromatic rings. The third-order valence-corrected chi connectivity index (χ3v) is 2.48. The van der Waals surface area contributed by atoms with Crippen LogP contribution in [-0.4, -0.2) is 12.3 Å². The van der Waals surface area contributed by atoms with Crippen LogP contribution in [0.5, 0.6) is 5.75 Å². The van der Waals surface area contributed by atoms with Crippen LogP contribution in [0.15, 0.2) is 48.5 Å². The Kier molecular flexibility index (Phi) is 3.70. The molecule has 0 unspecified atom stereocenters. The molecule has 0 saturated carbocycles. The molecule has 0 N–H and O–H groups in total. The first-order valence-corrected chi connectivity index (χ1v) is 5.50. The number of hydrogen-bond acceptors (Lipinski definition) is 4. The Hall–Kier alpha value is -2.93. The van der Waals surface area contributed by atoms with Gasteiger partial charge in [0, 0.05) is 5.56 Å². The van der Waals surface area contributed by atoms with Gasteiger partial charge in [-0.3, -0.25) is 4.79 Å². The predicted molar refractivity (Wildman–Crippen MR) is 67.9 cm³/mol. The van der Waals surface area contributed by atoms with Gasteiger partial charge in [-0.15, -0.1) is 0 Å². The van der Waals surface area contributed by atoms with E-state index in [4.69, 9.17) is 10.00 Å². The first-order chi connectivity index (χ1) is 9.22. The zero-order valence-electron chi connectivity index (χ0n) is 9.87. The fourth-order valence-electron chi connectivity index (χ4n) is 1.46.